The SMILES string of the molecule is CN(CCC(=O)CN)CCC(=O)CN. The lowest BCUT2D eigenvalue weighted by Gasteiger charge is -2.14. The van der Waals surface area contributed by atoms with Crippen molar-refractivity contribution in [2.45, 2.75) is 12.8 Å². The molecule has 0 heterocycles. The van der Waals surface area contributed by atoms with Crippen molar-refractivity contribution in [2.24, 2.45) is 11.5 Å². The summed E-state index contributed by atoms with van der Waals surface area (Å²) >= 11 is 0. The first-order valence-corrected chi connectivity index (χ1v) is 4.72. The Hall–Kier alpha value is -0.780. The van der Waals surface area contributed by atoms with Crippen LogP contribution in [0.5, 0.6) is 0 Å². The van der Waals surface area contributed by atoms with Crippen LogP contribution in [-0.4, -0.2) is 49.7 Å². The number of carbonyl (C=O) groups excluding carboxylic acids is 2. The molecule has 0 aliphatic rings. The minimum absolute atomic E-state index is 0.0435. The van der Waals surface area contributed by atoms with Crippen molar-refractivity contribution in [1.29, 1.82) is 0 Å². The van der Waals surface area contributed by atoms with E-state index in [-0.39, 0.29) is 24.7 Å². The Morgan fingerprint density at radius 3 is 1.64 bits per heavy atom. The van der Waals surface area contributed by atoms with Gasteiger partial charge in [-0.25, -0.2) is 0 Å². The summed E-state index contributed by atoms with van der Waals surface area (Å²) in [6, 6.07) is 0. The zero-order valence-electron chi connectivity index (χ0n) is 8.66. The number of nitrogens with two attached hydrogens (primary N) is 2. The number of ketones is 2. The summed E-state index contributed by atoms with van der Waals surface area (Å²) in [6.45, 7) is 1.48. The summed E-state index contributed by atoms with van der Waals surface area (Å²) in [6.07, 6.45) is 0.896. The van der Waals surface area contributed by atoms with Crippen molar-refractivity contribution in [3.8, 4) is 0 Å². The van der Waals surface area contributed by atoms with Gasteiger partial charge in [0.1, 0.15) is 11.6 Å². The minimum atomic E-state index is 0.0435. The maximum absolute atomic E-state index is 10.9. The lowest BCUT2D eigenvalue weighted by molar-refractivity contribution is -0.118. The Morgan fingerprint density at radius 2 is 1.36 bits per heavy atom. The Morgan fingerprint density at radius 1 is 1.00 bits per heavy atom. The van der Waals surface area contributed by atoms with E-state index in [0.717, 1.165) is 0 Å². The lowest BCUT2D eigenvalue weighted by Crippen LogP contribution is -2.27. The maximum atomic E-state index is 10.9. The third-order valence-corrected chi connectivity index (χ3v) is 2.00. The average molecular weight is 201 g/mol. The van der Waals surface area contributed by atoms with Crippen molar-refractivity contribution in [1.82, 2.24) is 4.90 Å². The second kappa shape index (κ2) is 7.61. The predicted octanol–water partition coefficient (Wildman–Crippen LogP) is -1.25. The fourth-order valence-corrected chi connectivity index (χ4v) is 0.947. The largest absolute Gasteiger partial charge is 0.324 e. The molecule has 0 saturated heterocycles. The second-order valence-electron chi connectivity index (χ2n) is 3.29. The number of hydrogen-bond acceptors (Lipinski definition) is 5. The molecule has 0 aromatic rings. The van der Waals surface area contributed by atoms with Gasteiger partial charge in [-0.05, 0) is 7.05 Å². The molecular weight excluding hydrogens is 182 g/mol. The highest BCUT2D eigenvalue weighted by atomic mass is 16.1. The van der Waals surface area contributed by atoms with Crippen LogP contribution in [0.15, 0.2) is 0 Å². The van der Waals surface area contributed by atoms with E-state index in [1.807, 2.05) is 11.9 Å². The molecule has 0 radical (unpaired) electrons. The van der Waals surface area contributed by atoms with E-state index in [2.05, 4.69) is 0 Å². The zero-order chi connectivity index (χ0) is 11.0. The highest BCUT2D eigenvalue weighted by Gasteiger charge is 2.04. The van der Waals surface area contributed by atoms with Crippen LogP contribution in [0.3, 0.4) is 0 Å². The first kappa shape index (κ1) is 13.2. The standard InChI is InChI=1S/C9H19N3O2/c1-12(4-2-8(13)6-10)5-3-9(14)7-11/h2-7,10-11H2,1H3. The highest BCUT2D eigenvalue weighted by molar-refractivity contribution is 5.80. The molecule has 0 spiro atoms. The molecular formula is C9H19N3O2. The van der Waals surface area contributed by atoms with Gasteiger partial charge in [0.05, 0.1) is 13.1 Å². The van der Waals surface area contributed by atoms with Gasteiger partial charge in [0, 0.05) is 25.9 Å². The van der Waals surface area contributed by atoms with Crippen LogP contribution in [-0.2, 0) is 9.59 Å². The molecule has 4 N–H and O–H groups in total. The number of Topliss-reactive ketones (excluding diaryl/α,β-unsaturated/α-hetero) is 2. The van der Waals surface area contributed by atoms with Gasteiger partial charge in [0.25, 0.3) is 0 Å². The smallest absolute Gasteiger partial charge is 0.147 e. The van der Waals surface area contributed by atoms with E-state index < -0.39 is 0 Å². The molecule has 5 nitrogen and oxygen atoms in total. The monoisotopic (exact) mass is 201 g/mol. The van der Waals surface area contributed by atoms with Crippen LogP contribution in [0.4, 0.5) is 0 Å². The van der Waals surface area contributed by atoms with Gasteiger partial charge in [0.2, 0.25) is 0 Å². The molecule has 14 heavy (non-hydrogen) atoms. The quantitative estimate of drug-likeness (QED) is 0.512. The van der Waals surface area contributed by atoms with Gasteiger partial charge >= 0.3 is 0 Å². The summed E-state index contributed by atoms with van der Waals surface area (Å²) in [7, 11) is 1.87. The Kier molecular flexibility index (Phi) is 7.18. The Labute approximate surface area is 84.4 Å². The fourth-order valence-electron chi connectivity index (χ4n) is 0.947. The molecule has 0 fully saturated rings. The molecule has 0 unspecified atom stereocenters. The molecule has 0 aliphatic carbocycles. The first-order valence-electron chi connectivity index (χ1n) is 4.72. The number of nitrogens with zero attached hydrogens (tertiary/aromatic N) is 1. The maximum Gasteiger partial charge on any atom is 0.147 e. The summed E-state index contributed by atoms with van der Waals surface area (Å²) < 4.78 is 0. The Balaban J connectivity index is 3.50. The van der Waals surface area contributed by atoms with Gasteiger partial charge < -0.3 is 16.4 Å². The molecule has 0 atom stereocenters. The molecule has 82 valence electrons. The third-order valence-electron chi connectivity index (χ3n) is 2.00. The van der Waals surface area contributed by atoms with Crippen LogP contribution in [0.25, 0.3) is 0 Å². The van der Waals surface area contributed by atoms with Crippen molar-refractivity contribution < 1.29 is 9.59 Å². The zero-order valence-corrected chi connectivity index (χ0v) is 8.66. The van der Waals surface area contributed by atoms with Gasteiger partial charge in [-0.15, -0.1) is 0 Å². The topological polar surface area (TPSA) is 89.4 Å². The van der Waals surface area contributed by atoms with Crippen LogP contribution in [0, 0.1) is 0 Å². The highest BCUT2D eigenvalue weighted by Crippen LogP contribution is 1.91. The molecule has 5 heteroatoms. The van der Waals surface area contributed by atoms with Gasteiger partial charge in [0.15, 0.2) is 0 Å². The van der Waals surface area contributed by atoms with Crippen LogP contribution >= 0.6 is 0 Å². The van der Waals surface area contributed by atoms with Crippen LogP contribution in [0.1, 0.15) is 12.8 Å². The fraction of sp³-hybridized carbons (Fsp3) is 0.778. The number of hydrogen-bond donors (Lipinski definition) is 2. The lowest BCUT2D eigenvalue weighted by atomic mass is 10.2. The van der Waals surface area contributed by atoms with Crippen molar-refractivity contribution in [3.05, 3.63) is 0 Å². The summed E-state index contributed by atoms with van der Waals surface area (Å²) in [5.74, 6) is 0.0870. The first-order chi connectivity index (χ1) is 6.60. The molecule has 0 amide bonds. The van der Waals surface area contributed by atoms with E-state index in [1.54, 1.807) is 0 Å². The molecule has 0 aliphatic heterocycles. The van der Waals surface area contributed by atoms with Crippen molar-refractivity contribution in [2.75, 3.05) is 33.2 Å². The van der Waals surface area contributed by atoms with E-state index in [4.69, 9.17) is 11.5 Å². The number of carbonyl (C=O) groups is 2. The summed E-state index contributed by atoms with van der Waals surface area (Å²) in [5.41, 5.74) is 10.3. The molecule has 0 saturated carbocycles. The van der Waals surface area contributed by atoms with E-state index in [1.165, 1.54) is 0 Å². The van der Waals surface area contributed by atoms with E-state index in [9.17, 15) is 9.59 Å². The Bertz CT molecular complexity index is 174. The molecule has 0 rings (SSSR count). The molecule has 0 aromatic carbocycles. The van der Waals surface area contributed by atoms with Gasteiger partial charge in [-0.3, -0.25) is 9.59 Å². The van der Waals surface area contributed by atoms with E-state index >= 15 is 0 Å². The van der Waals surface area contributed by atoms with Crippen molar-refractivity contribution in [3.63, 3.8) is 0 Å². The van der Waals surface area contributed by atoms with Gasteiger partial charge in [-0.2, -0.15) is 0 Å². The minimum Gasteiger partial charge on any atom is -0.324 e. The van der Waals surface area contributed by atoms with Crippen molar-refractivity contribution >= 4 is 11.6 Å². The van der Waals surface area contributed by atoms with Crippen LogP contribution in [0.2, 0.25) is 0 Å². The normalized spacial score (nSPS) is 10.6. The third kappa shape index (κ3) is 6.71. The predicted molar refractivity (Wildman–Crippen MR) is 54.9 cm³/mol. The second-order valence-corrected chi connectivity index (χ2v) is 3.29. The van der Waals surface area contributed by atoms with Crippen LogP contribution < -0.4 is 11.5 Å². The number of rotatable bonds is 8. The van der Waals surface area contributed by atoms with Gasteiger partial charge in [-0.1, -0.05) is 0 Å². The summed E-state index contributed by atoms with van der Waals surface area (Å²) in [5, 5.41) is 0. The molecule has 0 bridgehead atoms. The average Bonchev–Trinajstić information content (AvgIpc) is 2.22. The summed E-state index contributed by atoms with van der Waals surface area (Å²) in [4.78, 5) is 23.7. The van der Waals surface area contributed by atoms with E-state index in [0.29, 0.717) is 25.9 Å². The molecule has 0 aromatic heterocycles.